The van der Waals surface area contributed by atoms with Gasteiger partial charge >= 0.3 is 0 Å². The number of carbonyl (C=O) groups is 2. The van der Waals surface area contributed by atoms with Crippen LogP contribution in [0.2, 0.25) is 0 Å². The van der Waals surface area contributed by atoms with Crippen LogP contribution in [0.4, 0.5) is 0 Å². The molecule has 3 heterocycles. The third-order valence-electron chi connectivity index (χ3n) is 5.55. The fourth-order valence-corrected chi connectivity index (χ4v) is 3.72. The van der Waals surface area contributed by atoms with Gasteiger partial charge in [-0.1, -0.05) is 20.8 Å². The molecule has 1 aromatic heterocycles. The standard InChI is InChI=1S/C20H28N2O5/c1-10-12(7-15(27-10)20(2,3)4)19(24)22-14-9-26-16-13(8-25-17(14)16)21-18(23)11-5-6-11/h7,11,13-14,16-17H,5-6,8-9H2,1-4H3,(H,21,23)(H,22,24)/t13-,14-,16+,17+/m0/s1. The lowest BCUT2D eigenvalue weighted by molar-refractivity contribution is -0.123. The largest absolute Gasteiger partial charge is 0.465 e. The number of rotatable bonds is 4. The van der Waals surface area contributed by atoms with Gasteiger partial charge in [0.05, 0.1) is 30.9 Å². The number of hydrogen-bond acceptors (Lipinski definition) is 5. The molecule has 0 spiro atoms. The molecule has 0 unspecified atom stereocenters. The summed E-state index contributed by atoms with van der Waals surface area (Å²) >= 11 is 0. The Hall–Kier alpha value is -1.86. The Balaban J connectivity index is 1.39. The molecule has 7 heteroatoms. The molecule has 2 N–H and O–H groups in total. The average molecular weight is 376 g/mol. The second kappa shape index (κ2) is 6.63. The predicted octanol–water partition coefficient (Wildman–Crippen LogP) is 1.68. The van der Waals surface area contributed by atoms with E-state index < -0.39 is 0 Å². The van der Waals surface area contributed by atoms with Crippen molar-refractivity contribution in [3.63, 3.8) is 0 Å². The van der Waals surface area contributed by atoms with E-state index in [-0.39, 0.29) is 47.4 Å². The molecule has 3 fully saturated rings. The first-order chi connectivity index (χ1) is 12.7. The molecule has 1 aromatic rings. The van der Waals surface area contributed by atoms with Crippen LogP contribution in [0.3, 0.4) is 0 Å². The van der Waals surface area contributed by atoms with Crippen molar-refractivity contribution in [2.45, 2.75) is 70.2 Å². The maximum Gasteiger partial charge on any atom is 0.255 e. The lowest BCUT2D eigenvalue weighted by Crippen LogP contribution is -2.47. The van der Waals surface area contributed by atoms with E-state index in [9.17, 15) is 9.59 Å². The number of carbonyl (C=O) groups excluding carboxylic acids is 2. The zero-order valence-electron chi connectivity index (χ0n) is 16.3. The summed E-state index contributed by atoms with van der Waals surface area (Å²) in [5.74, 6) is 1.45. The molecule has 2 saturated heterocycles. The molecule has 4 atom stereocenters. The van der Waals surface area contributed by atoms with E-state index in [0.29, 0.717) is 24.5 Å². The Morgan fingerprint density at radius 3 is 2.15 bits per heavy atom. The van der Waals surface area contributed by atoms with Crippen molar-refractivity contribution in [1.29, 1.82) is 0 Å². The van der Waals surface area contributed by atoms with Crippen LogP contribution in [0.5, 0.6) is 0 Å². The van der Waals surface area contributed by atoms with Crippen molar-refractivity contribution in [3.8, 4) is 0 Å². The van der Waals surface area contributed by atoms with Crippen LogP contribution in [-0.4, -0.2) is 49.3 Å². The van der Waals surface area contributed by atoms with Crippen LogP contribution < -0.4 is 10.6 Å². The van der Waals surface area contributed by atoms with Gasteiger partial charge in [-0.2, -0.15) is 0 Å². The number of ether oxygens (including phenoxy) is 2. The van der Waals surface area contributed by atoms with Crippen molar-refractivity contribution < 1.29 is 23.5 Å². The molecular weight excluding hydrogens is 348 g/mol. The van der Waals surface area contributed by atoms with Crippen molar-refractivity contribution in [2.24, 2.45) is 5.92 Å². The normalized spacial score (nSPS) is 30.2. The van der Waals surface area contributed by atoms with Crippen LogP contribution in [-0.2, 0) is 19.7 Å². The Morgan fingerprint density at radius 2 is 1.63 bits per heavy atom. The summed E-state index contributed by atoms with van der Waals surface area (Å²) in [6.07, 6.45) is 1.47. The van der Waals surface area contributed by atoms with E-state index >= 15 is 0 Å². The molecule has 3 aliphatic rings. The second-order valence-electron chi connectivity index (χ2n) is 8.90. The Bertz CT molecular complexity index is 746. The number of hydrogen-bond donors (Lipinski definition) is 2. The summed E-state index contributed by atoms with van der Waals surface area (Å²) in [6, 6.07) is 1.43. The van der Waals surface area contributed by atoms with Gasteiger partial charge in [0, 0.05) is 11.3 Å². The molecule has 148 valence electrons. The monoisotopic (exact) mass is 376 g/mol. The summed E-state index contributed by atoms with van der Waals surface area (Å²) in [6.45, 7) is 8.73. The minimum absolute atomic E-state index is 0.0871. The molecule has 4 rings (SSSR count). The molecule has 0 aromatic carbocycles. The van der Waals surface area contributed by atoms with Crippen molar-refractivity contribution in [2.75, 3.05) is 13.2 Å². The van der Waals surface area contributed by atoms with E-state index in [1.807, 2.05) is 26.8 Å². The summed E-state index contributed by atoms with van der Waals surface area (Å²) in [7, 11) is 0. The topological polar surface area (TPSA) is 89.8 Å². The molecular formula is C20H28N2O5. The third-order valence-corrected chi connectivity index (χ3v) is 5.55. The minimum Gasteiger partial charge on any atom is -0.465 e. The maximum atomic E-state index is 12.8. The number of amides is 2. The Labute approximate surface area is 159 Å². The summed E-state index contributed by atoms with van der Waals surface area (Å²) in [4.78, 5) is 24.8. The van der Waals surface area contributed by atoms with Gasteiger partial charge in [-0.3, -0.25) is 9.59 Å². The maximum absolute atomic E-state index is 12.8. The first-order valence-corrected chi connectivity index (χ1v) is 9.69. The van der Waals surface area contributed by atoms with Crippen LogP contribution in [0.15, 0.2) is 10.5 Å². The Morgan fingerprint density at radius 1 is 1.04 bits per heavy atom. The van der Waals surface area contributed by atoms with Crippen molar-refractivity contribution in [3.05, 3.63) is 23.2 Å². The van der Waals surface area contributed by atoms with Gasteiger partial charge in [-0.15, -0.1) is 0 Å². The molecule has 0 radical (unpaired) electrons. The highest BCUT2D eigenvalue weighted by molar-refractivity contribution is 5.95. The third kappa shape index (κ3) is 3.62. The molecule has 2 aliphatic heterocycles. The van der Waals surface area contributed by atoms with Gasteiger partial charge in [0.25, 0.3) is 5.91 Å². The zero-order chi connectivity index (χ0) is 19.3. The van der Waals surface area contributed by atoms with Gasteiger partial charge in [0.15, 0.2) is 0 Å². The zero-order valence-corrected chi connectivity index (χ0v) is 16.3. The number of furan rings is 1. The smallest absolute Gasteiger partial charge is 0.255 e. The van der Waals surface area contributed by atoms with E-state index in [1.165, 1.54) is 0 Å². The lowest BCUT2D eigenvalue weighted by Gasteiger charge is -2.18. The van der Waals surface area contributed by atoms with Crippen LogP contribution in [0.1, 0.15) is 55.5 Å². The van der Waals surface area contributed by atoms with E-state index in [0.717, 1.165) is 18.6 Å². The van der Waals surface area contributed by atoms with Gasteiger partial charge in [-0.25, -0.2) is 0 Å². The molecule has 1 saturated carbocycles. The molecule has 1 aliphatic carbocycles. The number of aryl methyl sites for hydroxylation is 1. The van der Waals surface area contributed by atoms with Gasteiger partial charge < -0.3 is 24.5 Å². The van der Waals surface area contributed by atoms with E-state index in [2.05, 4.69) is 10.6 Å². The van der Waals surface area contributed by atoms with Crippen molar-refractivity contribution >= 4 is 11.8 Å². The fourth-order valence-electron chi connectivity index (χ4n) is 3.72. The van der Waals surface area contributed by atoms with Crippen LogP contribution in [0, 0.1) is 12.8 Å². The van der Waals surface area contributed by atoms with Crippen LogP contribution >= 0.6 is 0 Å². The summed E-state index contributed by atoms with van der Waals surface area (Å²) in [5.41, 5.74) is 0.381. The van der Waals surface area contributed by atoms with Gasteiger partial charge in [0.2, 0.25) is 5.91 Å². The SMILES string of the molecule is Cc1oc(C(C)(C)C)cc1C(=O)N[C@H]1CO[C@H]2[C@@H]1OC[C@@H]2NC(=O)C1CC1. The fraction of sp³-hybridized carbons (Fsp3) is 0.700. The lowest BCUT2D eigenvalue weighted by atomic mass is 9.93. The Kier molecular flexibility index (Phi) is 4.55. The van der Waals surface area contributed by atoms with E-state index in [1.54, 1.807) is 6.92 Å². The average Bonchev–Trinajstić information content (AvgIpc) is 3.08. The quantitative estimate of drug-likeness (QED) is 0.834. The first kappa shape index (κ1) is 18.5. The minimum atomic E-state index is -0.243. The second-order valence-corrected chi connectivity index (χ2v) is 8.90. The van der Waals surface area contributed by atoms with Gasteiger partial charge in [-0.05, 0) is 25.8 Å². The highest BCUT2D eigenvalue weighted by atomic mass is 16.6. The van der Waals surface area contributed by atoms with Crippen molar-refractivity contribution in [1.82, 2.24) is 10.6 Å². The van der Waals surface area contributed by atoms with Gasteiger partial charge in [0.1, 0.15) is 23.7 Å². The summed E-state index contributed by atoms with van der Waals surface area (Å²) in [5, 5.41) is 6.05. The number of nitrogens with one attached hydrogen (secondary N) is 2. The first-order valence-electron chi connectivity index (χ1n) is 9.69. The molecule has 2 amide bonds. The highest BCUT2D eigenvalue weighted by Gasteiger charge is 2.49. The molecule has 27 heavy (non-hydrogen) atoms. The van der Waals surface area contributed by atoms with E-state index in [4.69, 9.17) is 13.9 Å². The van der Waals surface area contributed by atoms with Crippen LogP contribution in [0.25, 0.3) is 0 Å². The number of fused-ring (bicyclic) bond motifs is 1. The molecule has 0 bridgehead atoms. The molecule has 7 nitrogen and oxygen atoms in total. The predicted molar refractivity (Wildman–Crippen MR) is 97.5 cm³/mol. The summed E-state index contributed by atoms with van der Waals surface area (Å²) < 4.78 is 17.5. The highest BCUT2D eigenvalue weighted by Crippen LogP contribution is 2.32.